The standard InChI is InChI=1S/C18H20ClFN2O.C12H16ClFN2O2.C11H15ClO2.C6H5BClFO2.C6H14N2O2.5CH4/c1-17(2)10-8-9-18(17,3)15-13(10)16(23)22(21(15)4)12-7-5-6-11(19)14(12)20;1-12(2,3)18-11(17)16(4)15-9-7-5-6-8(13)10(9)14;1-10(2)6-4-5-11(10,3)8(13)7(6)9(12)14;8-5-3-1-2-4(6(5)9)7(10)11;1-6(2,3)10-5(9)8(4)7;;;;;/h5-7,10H,8-9H2,1-4H3;5-7,15H,1-4H3;6-7H,4-5H2,1-3H3;1-3,10-11H;7H2,1-4H3;5*1H4/t10-,18+;;6-,7?,11+;;;;;;;/m1.1......./s1. The van der Waals surface area contributed by atoms with Gasteiger partial charge in [0.2, 0.25) is 5.24 Å². The van der Waals surface area contributed by atoms with Gasteiger partial charge >= 0.3 is 19.3 Å². The number of nitrogens with zero attached hydrogens (tertiary/aromatic N) is 4. The molecule has 3 saturated carbocycles. The summed E-state index contributed by atoms with van der Waals surface area (Å²) < 4.78 is 54.1. The van der Waals surface area contributed by atoms with Gasteiger partial charge in [0.1, 0.15) is 22.7 Å². The van der Waals surface area contributed by atoms with E-state index in [9.17, 15) is 37.1 Å². The number of aromatic nitrogens is 2. The molecule has 81 heavy (non-hydrogen) atoms. The molecule has 3 fully saturated rings. The number of anilines is 1. The van der Waals surface area contributed by atoms with E-state index in [0.29, 0.717) is 0 Å². The van der Waals surface area contributed by atoms with E-state index in [1.807, 2.05) is 18.7 Å². The molecule has 0 saturated heterocycles. The number of benzene rings is 3. The lowest BCUT2D eigenvalue weighted by molar-refractivity contribution is -0.135. The van der Waals surface area contributed by atoms with Crippen molar-refractivity contribution in [3.05, 3.63) is 109 Å². The van der Waals surface area contributed by atoms with E-state index in [-0.39, 0.29) is 114 Å². The van der Waals surface area contributed by atoms with Gasteiger partial charge in [0.05, 0.1) is 32.4 Å². The van der Waals surface area contributed by atoms with Gasteiger partial charge < -0.3 is 19.5 Å². The summed E-state index contributed by atoms with van der Waals surface area (Å²) in [5, 5.41) is 18.6. The van der Waals surface area contributed by atoms with Gasteiger partial charge in [-0.05, 0) is 132 Å². The topological polar surface area (TPSA) is 199 Å². The van der Waals surface area contributed by atoms with Crippen LogP contribution in [-0.2, 0) is 31.5 Å². The van der Waals surface area contributed by atoms with Crippen LogP contribution >= 0.6 is 46.4 Å². The Morgan fingerprint density at radius 2 is 1.17 bits per heavy atom. The Labute approximate surface area is 500 Å². The molecule has 2 amide bonds. The van der Waals surface area contributed by atoms with Crippen LogP contribution in [0.3, 0.4) is 0 Å². The maximum atomic E-state index is 14.5. The number of nitrogens with two attached hydrogens (primary N) is 1. The Morgan fingerprint density at radius 3 is 1.58 bits per heavy atom. The number of halogens is 7. The molecule has 5 N–H and O–H groups in total. The summed E-state index contributed by atoms with van der Waals surface area (Å²) in [6.07, 6.45) is 2.82. The van der Waals surface area contributed by atoms with Crippen molar-refractivity contribution in [3.8, 4) is 5.69 Å². The summed E-state index contributed by atoms with van der Waals surface area (Å²) in [7, 11) is 2.92. The van der Waals surface area contributed by atoms with Crippen LogP contribution in [-0.4, -0.2) is 85.1 Å². The largest absolute Gasteiger partial charge is 0.491 e. The number of Topliss-reactive ketones (excluding diaryl/α,β-unsaturated/α-hetero) is 1. The number of nitrogens with one attached hydrogen (secondary N) is 1. The zero-order valence-electron chi connectivity index (χ0n) is 45.6. The summed E-state index contributed by atoms with van der Waals surface area (Å²) in [6.45, 7) is 23.5. The molecule has 4 aliphatic carbocycles. The molecule has 23 heteroatoms. The zero-order chi connectivity index (χ0) is 58.2. The summed E-state index contributed by atoms with van der Waals surface area (Å²) in [4.78, 5) is 58.7. The Hall–Kier alpha value is -4.76. The second-order valence-electron chi connectivity index (χ2n) is 22.8. The van der Waals surface area contributed by atoms with Gasteiger partial charge in [-0.2, -0.15) is 0 Å². The molecule has 1 unspecified atom stereocenters. The van der Waals surface area contributed by atoms with Gasteiger partial charge in [-0.15, -0.1) is 0 Å². The van der Waals surface area contributed by atoms with E-state index in [1.54, 1.807) is 59.7 Å². The van der Waals surface area contributed by atoms with E-state index < -0.39 is 59.1 Å². The normalized spacial score (nSPS) is 20.6. The van der Waals surface area contributed by atoms with Gasteiger partial charge in [-0.3, -0.25) is 24.5 Å². The van der Waals surface area contributed by atoms with Gasteiger partial charge in [0.15, 0.2) is 17.4 Å². The van der Waals surface area contributed by atoms with Crippen molar-refractivity contribution >= 4 is 87.9 Å². The van der Waals surface area contributed by atoms with Crippen molar-refractivity contribution in [2.24, 2.45) is 41.0 Å². The van der Waals surface area contributed by atoms with Gasteiger partial charge in [-0.25, -0.2) is 43.3 Å². The molecule has 8 rings (SSSR count). The quantitative estimate of drug-likeness (QED) is 0.0370. The van der Waals surface area contributed by atoms with Crippen LogP contribution in [0.1, 0.15) is 163 Å². The number of carbonyl (C=O) groups excluding carboxylic acids is 4. The summed E-state index contributed by atoms with van der Waals surface area (Å²) >= 11 is 22.4. The smallest absolute Gasteiger partial charge is 0.443 e. The van der Waals surface area contributed by atoms with Crippen molar-refractivity contribution in [2.45, 2.75) is 168 Å². The second-order valence-corrected chi connectivity index (χ2v) is 24.4. The molecule has 5 atom stereocenters. The fourth-order valence-electron chi connectivity index (χ4n) is 10.5. The lowest BCUT2D eigenvalue weighted by Gasteiger charge is -2.36. The highest BCUT2D eigenvalue weighted by Crippen LogP contribution is 2.67. The van der Waals surface area contributed by atoms with E-state index in [0.717, 1.165) is 47.0 Å². The van der Waals surface area contributed by atoms with Crippen molar-refractivity contribution in [1.82, 2.24) is 19.4 Å². The highest BCUT2D eigenvalue weighted by Gasteiger charge is 2.67. The van der Waals surface area contributed by atoms with Gasteiger partial charge in [-0.1, -0.05) is 138 Å². The Kier molecular flexibility index (Phi) is 28.2. The summed E-state index contributed by atoms with van der Waals surface area (Å²) in [5.74, 6) is 3.08. The molecular weight excluding hydrogens is 1130 g/mol. The molecule has 0 radical (unpaired) electrons. The molecule has 1 heterocycles. The molecule has 3 aromatic carbocycles. The Balaban J connectivity index is 0. The minimum Gasteiger partial charge on any atom is -0.443 e. The van der Waals surface area contributed by atoms with E-state index in [4.69, 9.17) is 71.8 Å². The Bertz CT molecular complexity index is 2890. The third-order valence-corrected chi connectivity index (χ3v) is 16.3. The number of amides is 2. The first-order valence-electron chi connectivity index (χ1n) is 24.4. The predicted octanol–water partition coefficient (Wildman–Crippen LogP) is 14.3. The molecule has 458 valence electrons. The van der Waals surface area contributed by atoms with Crippen LogP contribution in [0.5, 0.6) is 0 Å². The van der Waals surface area contributed by atoms with E-state index in [1.165, 1.54) is 55.2 Å². The third kappa shape index (κ3) is 16.3. The highest BCUT2D eigenvalue weighted by molar-refractivity contribution is 6.65. The fourth-order valence-corrected chi connectivity index (χ4v) is 11.3. The first kappa shape index (κ1) is 78.3. The molecular formula is C58H90BCl4F3N6O9. The number of ether oxygens (including phenoxy) is 2. The first-order chi connectivity index (χ1) is 34.7. The minimum absolute atomic E-state index is 0. The van der Waals surface area contributed by atoms with Crippen molar-refractivity contribution in [2.75, 3.05) is 19.5 Å². The number of hydrazine groups is 2. The van der Waals surface area contributed by atoms with Crippen LogP contribution in [0.25, 0.3) is 5.69 Å². The highest BCUT2D eigenvalue weighted by atomic mass is 35.5. The molecule has 4 bridgehead atoms. The molecule has 15 nitrogen and oxygen atoms in total. The molecule has 1 aromatic heterocycles. The average molecular weight is 1230 g/mol. The number of rotatable bonds is 5. The number of hydrogen-bond donors (Lipinski definition) is 4. The maximum Gasteiger partial charge on any atom is 0.491 e. The maximum absolute atomic E-state index is 14.5. The van der Waals surface area contributed by atoms with Crippen LogP contribution in [0.15, 0.2) is 59.4 Å². The van der Waals surface area contributed by atoms with E-state index >= 15 is 0 Å². The molecule has 4 aromatic rings. The van der Waals surface area contributed by atoms with E-state index in [2.05, 4.69) is 40.0 Å². The van der Waals surface area contributed by atoms with Crippen molar-refractivity contribution < 1.29 is 51.9 Å². The average Bonchev–Trinajstić information content (AvgIpc) is 3.90. The predicted molar refractivity (Wildman–Crippen MR) is 325 cm³/mol. The molecule has 4 aliphatic rings. The lowest BCUT2D eigenvalue weighted by Crippen LogP contribution is -2.38. The van der Waals surface area contributed by atoms with Gasteiger partial charge in [0.25, 0.3) is 5.56 Å². The summed E-state index contributed by atoms with van der Waals surface area (Å²) in [6, 6.07) is 13.3. The second kappa shape index (κ2) is 29.2. The van der Waals surface area contributed by atoms with Gasteiger partial charge in [0, 0.05) is 43.0 Å². The number of carbonyl (C=O) groups is 4. The number of ketones is 1. The summed E-state index contributed by atoms with van der Waals surface area (Å²) in [5.41, 5.74) is 3.04. The molecule has 0 aliphatic heterocycles. The first-order valence-corrected chi connectivity index (χ1v) is 25.9. The van der Waals surface area contributed by atoms with Crippen LogP contribution < -0.4 is 22.3 Å². The SMILES string of the molecule is C.C.C.C.C.CC1(C)[C@@H]2CC[C@@]1(C)C(=O)C2C(=O)Cl.CN(N)C(=O)OC(C)(C)C.CN(Nc1cccc(Cl)c1F)C(=O)OC(C)(C)C.Cn1c2c(c(=O)n1-c1cccc(Cl)c1F)[C@H]1CC[C@]2(C)C1(C)C.OB(O)c1cccc(Cl)c1F. The van der Waals surface area contributed by atoms with Crippen molar-refractivity contribution in [1.29, 1.82) is 0 Å². The monoisotopic (exact) mass is 1220 g/mol. The van der Waals surface area contributed by atoms with Crippen LogP contribution in [0, 0.1) is 45.5 Å². The molecule has 0 spiro atoms. The third-order valence-electron chi connectivity index (χ3n) is 15.2. The Morgan fingerprint density at radius 1 is 0.716 bits per heavy atom. The fraction of sp³-hybridized carbons (Fsp3) is 0.569. The van der Waals surface area contributed by atoms with Crippen LogP contribution in [0.2, 0.25) is 15.1 Å². The van der Waals surface area contributed by atoms with Crippen LogP contribution in [0.4, 0.5) is 28.4 Å². The lowest BCUT2D eigenvalue weighted by atomic mass is 9.70. The number of fused-ring (bicyclic) bond motifs is 7. The number of hydrogen-bond acceptors (Lipinski definition) is 11. The van der Waals surface area contributed by atoms with Crippen molar-refractivity contribution in [3.63, 3.8) is 0 Å². The zero-order valence-corrected chi connectivity index (χ0v) is 48.6. The minimum atomic E-state index is -1.81.